The Morgan fingerprint density at radius 3 is 2.10 bits per heavy atom. The lowest BCUT2D eigenvalue weighted by atomic mass is 9.89. The monoisotopic (exact) mass is 315 g/mol. The van der Waals surface area contributed by atoms with E-state index in [-0.39, 0.29) is 17.1 Å². The van der Waals surface area contributed by atoms with Gasteiger partial charge >= 0.3 is 0 Å². The number of aliphatic hydroxyl groups is 1. The van der Waals surface area contributed by atoms with Crippen molar-refractivity contribution in [1.29, 1.82) is 0 Å². The first kappa shape index (κ1) is 20.3. The van der Waals surface area contributed by atoms with Gasteiger partial charge in [0, 0.05) is 5.92 Å². The fourth-order valence-corrected chi connectivity index (χ4v) is 3.36. The summed E-state index contributed by atoms with van der Waals surface area (Å²) in [7, 11) is -2.05. The second-order valence-electron chi connectivity index (χ2n) is 7.41. The van der Waals surface area contributed by atoms with Crippen molar-refractivity contribution >= 4 is 14.2 Å². The molecule has 21 heavy (non-hydrogen) atoms. The molecule has 4 nitrogen and oxygen atoms in total. The Bertz CT molecular complexity index is 374. The molecule has 0 radical (unpaired) electrons. The van der Waals surface area contributed by atoms with E-state index in [0.29, 0.717) is 0 Å². The standard InChI is InChI=1S/C16H33NO3Si/c1-9-10-13(18)11(2)14(12(3)15(17)19)20-21(7,8)16(4,5)6/h9-14,18H,1-8H3,(H2,17,19)/b10-9+/t11?,12?,13-,14?/m1/s1. The third-order valence-electron chi connectivity index (χ3n) is 4.63. The van der Waals surface area contributed by atoms with Gasteiger partial charge in [-0.15, -0.1) is 0 Å². The number of nitrogens with two attached hydrogens (primary N) is 1. The molecule has 3 N–H and O–H groups in total. The minimum absolute atomic E-state index is 0.0356. The molecule has 0 aromatic heterocycles. The normalized spacial score (nSPS) is 19.3. The fraction of sp³-hybridized carbons (Fsp3) is 0.812. The van der Waals surface area contributed by atoms with Crippen molar-refractivity contribution in [2.24, 2.45) is 17.6 Å². The van der Waals surface area contributed by atoms with E-state index < -0.39 is 26.2 Å². The number of allylic oxidation sites excluding steroid dienone is 1. The first-order valence-electron chi connectivity index (χ1n) is 7.63. The predicted octanol–water partition coefficient (Wildman–Crippen LogP) is 3.07. The van der Waals surface area contributed by atoms with Crippen molar-refractivity contribution < 1.29 is 14.3 Å². The molecule has 0 fully saturated rings. The van der Waals surface area contributed by atoms with Gasteiger partial charge in [-0.1, -0.05) is 46.8 Å². The number of carbonyl (C=O) groups excluding carboxylic acids is 1. The Labute approximate surface area is 130 Å². The van der Waals surface area contributed by atoms with Crippen molar-refractivity contribution in [3.63, 3.8) is 0 Å². The number of carbonyl (C=O) groups is 1. The maximum Gasteiger partial charge on any atom is 0.222 e. The zero-order chi connectivity index (χ0) is 17.0. The highest BCUT2D eigenvalue weighted by Crippen LogP contribution is 2.39. The van der Waals surface area contributed by atoms with Gasteiger partial charge in [0.25, 0.3) is 0 Å². The summed E-state index contributed by atoms with van der Waals surface area (Å²) in [6.45, 7) is 16.3. The van der Waals surface area contributed by atoms with Crippen molar-refractivity contribution in [3.05, 3.63) is 12.2 Å². The maximum absolute atomic E-state index is 11.6. The van der Waals surface area contributed by atoms with Crippen LogP contribution in [0.1, 0.15) is 41.5 Å². The molecular weight excluding hydrogens is 282 g/mol. The Hall–Kier alpha value is -0.653. The minimum atomic E-state index is -2.05. The van der Waals surface area contributed by atoms with Gasteiger partial charge in [0.2, 0.25) is 5.91 Å². The van der Waals surface area contributed by atoms with Crippen LogP contribution in [0, 0.1) is 11.8 Å². The van der Waals surface area contributed by atoms with E-state index >= 15 is 0 Å². The van der Waals surface area contributed by atoms with Crippen LogP contribution in [0.2, 0.25) is 18.1 Å². The van der Waals surface area contributed by atoms with E-state index in [2.05, 4.69) is 33.9 Å². The number of amides is 1. The van der Waals surface area contributed by atoms with Crippen LogP contribution < -0.4 is 5.73 Å². The molecular formula is C16H33NO3Si. The van der Waals surface area contributed by atoms with Gasteiger partial charge < -0.3 is 15.3 Å². The van der Waals surface area contributed by atoms with Gasteiger partial charge in [-0.05, 0) is 25.1 Å². The molecule has 3 unspecified atom stereocenters. The molecule has 0 bridgehead atoms. The summed E-state index contributed by atoms with van der Waals surface area (Å²) in [5.74, 6) is -1.02. The van der Waals surface area contributed by atoms with Gasteiger partial charge in [0.15, 0.2) is 8.32 Å². The number of aliphatic hydroxyl groups excluding tert-OH is 1. The molecule has 0 aliphatic carbocycles. The van der Waals surface area contributed by atoms with Crippen LogP contribution >= 0.6 is 0 Å². The second kappa shape index (κ2) is 7.56. The lowest BCUT2D eigenvalue weighted by molar-refractivity contribution is -0.126. The molecule has 5 heteroatoms. The van der Waals surface area contributed by atoms with Crippen LogP contribution in [0.3, 0.4) is 0 Å². The zero-order valence-corrected chi connectivity index (χ0v) is 15.8. The smallest absolute Gasteiger partial charge is 0.222 e. The number of primary amides is 1. The first-order valence-corrected chi connectivity index (χ1v) is 10.5. The van der Waals surface area contributed by atoms with E-state index in [1.165, 1.54) is 0 Å². The number of hydrogen-bond acceptors (Lipinski definition) is 3. The average Bonchev–Trinajstić information content (AvgIpc) is 2.33. The Morgan fingerprint density at radius 1 is 1.29 bits per heavy atom. The molecule has 0 aromatic carbocycles. The van der Waals surface area contributed by atoms with E-state index in [4.69, 9.17) is 10.2 Å². The molecule has 0 aromatic rings. The van der Waals surface area contributed by atoms with Crippen molar-refractivity contribution in [2.75, 3.05) is 0 Å². The number of rotatable bonds is 7. The summed E-state index contributed by atoms with van der Waals surface area (Å²) in [6, 6.07) is 0. The van der Waals surface area contributed by atoms with Crippen LogP contribution in [0.15, 0.2) is 12.2 Å². The van der Waals surface area contributed by atoms with E-state index in [1.54, 1.807) is 19.1 Å². The highest BCUT2D eigenvalue weighted by molar-refractivity contribution is 6.74. The molecule has 0 heterocycles. The molecule has 4 atom stereocenters. The van der Waals surface area contributed by atoms with Gasteiger partial charge in [-0.25, -0.2) is 0 Å². The highest BCUT2D eigenvalue weighted by atomic mass is 28.4. The molecule has 0 aliphatic rings. The van der Waals surface area contributed by atoms with Crippen molar-refractivity contribution in [3.8, 4) is 0 Å². The van der Waals surface area contributed by atoms with Gasteiger partial charge in [0.05, 0.1) is 18.1 Å². The third-order valence-corrected chi connectivity index (χ3v) is 9.10. The fourth-order valence-electron chi connectivity index (χ4n) is 1.91. The highest BCUT2D eigenvalue weighted by Gasteiger charge is 2.43. The predicted molar refractivity (Wildman–Crippen MR) is 90.4 cm³/mol. The molecule has 0 rings (SSSR count). The summed E-state index contributed by atoms with van der Waals surface area (Å²) in [5, 5.41) is 10.3. The third kappa shape index (κ3) is 5.56. The van der Waals surface area contributed by atoms with Gasteiger partial charge in [-0.2, -0.15) is 0 Å². The van der Waals surface area contributed by atoms with Crippen LogP contribution in [-0.2, 0) is 9.22 Å². The Kier molecular flexibility index (Phi) is 7.33. The van der Waals surface area contributed by atoms with E-state index in [0.717, 1.165) is 0 Å². The molecule has 1 amide bonds. The molecule has 0 saturated carbocycles. The van der Waals surface area contributed by atoms with Gasteiger partial charge in [0.1, 0.15) is 0 Å². The Balaban J connectivity index is 5.40. The largest absolute Gasteiger partial charge is 0.413 e. The molecule has 124 valence electrons. The van der Waals surface area contributed by atoms with E-state index in [1.807, 2.05) is 13.8 Å². The Morgan fingerprint density at radius 2 is 1.76 bits per heavy atom. The van der Waals surface area contributed by atoms with Crippen LogP contribution in [0.5, 0.6) is 0 Å². The quantitative estimate of drug-likeness (QED) is 0.560. The molecule has 0 spiro atoms. The topological polar surface area (TPSA) is 72.6 Å². The summed E-state index contributed by atoms with van der Waals surface area (Å²) in [5.41, 5.74) is 5.47. The summed E-state index contributed by atoms with van der Waals surface area (Å²) < 4.78 is 6.40. The first-order chi connectivity index (χ1) is 9.35. The maximum atomic E-state index is 11.6. The second-order valence-corrected chi connectivity index (χ2v) is 12.2. The van der Waals surface area contributed by atoms with E-state index in [9.17, 15) is 9.90 Å². The lowest BCUT2D eigenvalue weighted by Gasteiger charge is -2.42. The summed E-state index contributed by atoms with van der Waals surface area (Å²) in [4.78, 5) is 11.6. The summed E-state index contributed by atoms with van der Waals surface area (Å²) >= 11 is 0. The minimum Gasteiger partial charge on any atom is -0.413 e. The zero-order valence-electron chi connectivity index (χ0n) is 14.8. The molecule has 0 saturated heterocycles. The van der Waals surface area contributed by atoms with Crippen LogP contribution in [0.25, 0.3) is 0 Å². The lowest BCUT2D eigenvalue weighted by Crippen LogP contribution is -2.51. The SMILES string of the molecule is C/C=C/[C@@H](O)C(C)C(O[Si](C)(C)C(C)(C)C)C(C)C(N)=O. The molecule has 0 aliphatic heterocycles. The van der Waals surface area contributed by atoms with Crippen molar-refractivity contribution in [1.82, 2.24) is 0 Å². The number of hydrogen-bond donors (Lipinski definition) is 2. The summed E-state index contributed by atoms with van der Waals surface area (Å²) in [6.07, 6.45) is 2.50. The van der Waals surface area contributed by atoms with Gasteiger partial charge in [-0.3, -0.25) is 4.79 Å². The van der Waals surface area contributed by atoms with Crippen LogP contribution in [-0.4, -0.2) is 31.5 Å². The average molecular weight is 316 g/mol. The van der Waals surface area contributed by atoms with Crippen molar-refractivity contribution in [2.45, 2.75) is 71.9 Å². The van der Waals surface area contributed by atoms with Crippen LogP contribution in [0.4, 0.5) is 0 Å².